The summed E-state index contributed by atoms with van der Waals surface area (Å²) in [5, 5.41) is 7.27. The van der Waals surface area contributed by atoms with E-state index < -0.39 is 6.09 Å². The molecular weight excluding hydrogens is 520 g/mol. The van der Waals surface area contributed by atoms with Crippen LogP contribution in [0.3, 0.4) is 0 Å². The van der Waals surface area contributed by atoms with Crippen LogP contribution in [0, 0.1) is 0 Å². The molecule has 1 aromatic heterocycles. The first kappa shape index (κ1) is 27.0. The van der Waals surface area contributed by atoms with Gasteiger partial charge in [-0.25, -0.2) is 4.79 Å². The van der Waals surface area contributed by atoms with E-state index in [1.807, 2.05) is 61.5 Å². The van der Waals surface area contributed by atoms with Gasteiger partial charge in [-0.3, -0.25) is 14.5 Å². The first-order valence-electron chi connectivity index (χ1n) is 14.4. The molecule has 1 N–H and O–H groups in total. The van der Waals surface area contributed by atoms with Crippen LogP contribution in [-0.4, -0.2) is 76.3 Å². The van der Waals surface area contributed by atoms with E-state index in [1.165, 1.54) is 17.5 Å². The average Bonchev–Trinajstić information content (AvgIpc) is 3.68. The number of piperazine rings is 1. The smallest absolute Gasteiger partial charge is 0.435 e. The molecule has 3 aromatic rings. The molecule has 1 saturated heterocycles. The van der Waals surface area contributed by atoms with Crippen molar-refractivity contribution in [2.45, 2.75) is 51.7 Å². The van der Waals surface area contributed by atoms with Crippen LogP contribution >= 0.6 is 0 Å². The molecule has 0 bridgehead atoms. The van der Waals surface area contributed by atoms with Crippen molar-refractivity contribution in [3.8, 4) is 0 Å². The van der Waals surface area contributed by atoms with Crippen LogP contribution in [0.2, 0.25) is 0 Å². The Hall–Kier alpha value is -4.18. The molecule has 6 rings (SSSR count). The Morgan fingerprint density at radius 1 is 0.976 bits per heavy atom. The standard InChI is InChI=1S/C31H36N6O4/c1-3-41-31(40)37-27-20-36(30(39)21(2)22-7-5-4-6-8-22)19-26(27)28(33-37)32-29(38)23-9-11-24(12-10-23)34-15-17-35(18-16-34)25-13-14-25/h4-12,21,25H,3,13-20H2,1-2H3,(H,32,33,38)/t21-/m1/s1. The van der Waals surface area contributed by atoms with Crippen LogP contribution in [0.1, 0.15) is 59.8 Å². The second-order valence-electron chi connectivity index (χ2n) is 11.0. The van der Waals surface area contributed by atoms with E-state index in [0.29, 0.717) is 16.8 Å². The fraction of sp³-hybridized carbons (Fsp3) is 0.419. The number of amides is 2. The highest BCUT2D eigenvalue weighted by Crippen LogP contribution is 2.33. The van der Waals surface area contributed by atoms with Gasteiger partial charge in [-0.05, 0) is 56.5 Å². The summed E-state index contributed by atoms with van der Waals surface area (Å²) in [5.74, 6) is -0.471. The Labute approximate surface area is 239 Å². The lowest BCUT2D eigenvalue weighted by atomic mass is 10.00. The molecule has 0 spiro atoms. The minimum atomic E-state index is -0.638. The van der Waals surface area contributed by atoms with Crippen molar-refractivity contribution in [3.05, 3.63) is 77.0 Å². The lowest BCUT2D eigenvalue weighted by Gasteiger charge is -2.36. The molecule has 0 radical (unpaired) electrons. The summed E-state index contributed by atoms with van der Waals surface area (Å²) in [7, 11) is 0. The fourth-order valence-corrected chi connectivity index (χ4v) is 5.78. The van der Waals surface area contributed by atoms with Gasteiger partial charge in [-0.2, -0.15) is 4.68 Å². The third-order valence-corrected chi connectivity index (χ3v) is 8.31. The van der Waals surface area contributed by atoms with E-state index >= 15 is 0 Å². The van der Waals surface area contributed by atoms with Crippen LogP contribution < -0.4 is 10.2 Å². The monoisotopic (exact) mass is 556 g/mol. The van der Waals surface area contributed by atoms with Crippen LogP contribution in [0.15, 0.2) is 54.6 Å². The highest BCUT2D eigenvalue weighted by Gasteiger charge is 2.35. The molecular formula is C31H36N6O4. The molecule has 0 unspecified atom stereocenters. The van der Waals surface area contributed by atoms with E-state index in [9.17, 15) is 14.4 Å². The average molecular weight is 557 g/mol. The molecule has 2 amide bonds. The number of rotatable bonds is 7. The third-order valence-electron chi connectivity index (χ3n) is 8.31. The lowest BCUT2D eigenvalue weighted by molar-refractivity contribution is -0.133. The number of aromatic nitrogens is 2. The number of ether oxygens (including phenoxy) is 1. The maximum atomic E-state index is 13.4. The number of hydrogen-bond acceptors (Lipinski definition) is 7. The molecule has 10 heteroatoms. The molecule has 3 aliphatic rings. The van der Waals surface area contributed by atoms with Crippen molar-refractivity contribution < 1.29 is 19.1 Å². The molecule has 41 heavy (non-hydrogen) atoms. The summed E-state index contributed by atoms with van der Waals surface area (Å²) in [4.78, 5) is 46.0. The van der Waals surface area contributed by atoms with Crippen molar-refractivity contribution in [2.24, 2.45) is 0 Å². The number of anilines is 2. The fourth-order valence-electron chi connectivity index (χ4n) is 5.78. The second-order valence-corrected chi connectivity index (χ2v) is 11.0. The van der Waals surface area contributed by atoms with Gasteiger partial charge in [0, 0.05) is 49.0 Å². The van der Waals surface area contributed by atoms with Gasteiger partial charge in [0.25, 0.3) is 5.91 Å². The van der Waals surface area contributed by atoms with Gasteiger partial charge in [0.05, 0.1) is 31.3 Å². The lowest BCUT2D eigenvalue weighted by Crippen LogP contribution is -2.47. The maximum absolute atomic E-state index is 13.4. The van der Waals surface area contributed by atoms with Crippen molar-refractivity contribution >= 4 is 29.4 Å². The van der Waals surface area contributed by atoms with Crippen LogP contribution in [0.5, 0.6) is 0 Å². The van der Waals surface area contributed by atoms with Gasteiger partial charge < -0.3 is 19.9 Å². The molecule has 214 valence electrons. The van der Waals surface area contributed by atoms with Crippen molar-refractivity contribution in [2.75, 3.05) is 43.0 Å². The number of nitrogens with one attached hydrogen (secondary N) is 1. The van der Waals surface area contributed by atoms with E-state index in [-0.39, 0.29) is 43.2 Å². The zero-order chi connectivity index (χ0) is 28.5. The normalized spacial score (nSPS) is 17.7. The number of carbonyl (C=O) groups is 3. The van der Waals surface area contributed by atoms with E-state index in [0.717, 1.165) is 43.5 Å². The summed E-state index contributed by atoms with van der Waals surface area (Å²) in [6, 6.07) is 18.0. The molecule has 3 heterocycles. The predicted molar refractivity (Wildman–Crippen MR) is 155 cm³/mol. The Kier molecular flexibility index (Phi) is 7.49. The second kappa shape index (κ2) is 11.4. The molecule has 10 nitrogen and oxygen atoms in total. The third kappa shape index (κ3) is 5.56. The molecule has 2 fully saturated rings. The summed E-state index contributed by atoms with van der Waals surface area (Å²) in [6.45, 7) is 8.34. The Bertz CT molecular complexity index is 1420. The summed E-state index contributed by atoms with van der Waals surface area (Å²) < 4.78 is 6.37. The zero-order valence-corrected chi connectivity index (χ0v) is 23.6. The van der Waals surface area contributed by atoms with Crippen molar-refractivity contribution in [3.63, 3.8) is 0 Å². The number of nitrogens with zero attached hydrogens (tertiary/aromatic N) is 5. The summed E-state index contributed by atoms with van der Waals surface area (Å²) in [5.41, 5.74) is 3.71. The minimum Gasteiger partial charge on any atom is -0.448 e. The van der Waals surface area contributed by atoms with Crippen molar-refractivity contribution in [1.82, 2.24) is 19.6 Å². The van der Waals surface area contributed by atoms with Gasteiger partial charge in [-0.1, -0.05) is 30.3 Å². The first-order chi connectivity index (χ1) is 19.9. The van der Waals surface area contributed by atoms with Gasteiger partial charge >= 0.3 is 6.09 Å². The quantitative estimate of drug-likeness (QED) is 0.468. The Balaban J connectivity index is 1.16. The number of benzene rings is 2. The molecule has 1 atom stereocenters. The van der Waals surface area contributed by atoms with E-state index in [1.54, 1.807) is 11.8 Å². The Morgan fingerprint density at radius 2 is 1.68 bits per heavy atom. The van der Waals surface area contributed by atoms with E-state index in [4.69, 9.17) is 4.74 Å². The SMILES string of the molecule is CCOC(=O)n1nc(NC(=O)c2ccc(N3CCN(C4CC4)CC3)cc2)c2c1CN(C(=O)[C@H](C)c1ccccc1)C2. The van der Waals surface area contributed by atoms with Crippen molar-refractivity contribution in [1.29, 1.82) is 0 Å². The molecule has 1 saturated carbocycles. The number of fused-ring (bicyclic) bond motifs is 1. The molecule has 2 aromatic carbocycles. The topological polar surface area (TPSA) is 100 Å². The van der Waals surface area contributed by atoms with Gasteiger partial charge in [0.2, 0.25) is 5.91 Å². The van der Waals surface area contributed by atoms with Crippen LogP contribution in [0.4, 0.5) is 16.3 Å². The number of hydrogen-bond donors (Lipinski definition) is 1. The predicted octanol–water partition coefficient (Wildman–Crippen LogP) is 4.07. The summed E-state index contributed by atoms with van der Waals surface area (Å²) in [6.07, 6.45) is 2.01. The van der Waals surface area contributed by atoms with Gasteiger partial charge in [0.15, 0.2) is 5.82 Å². The summed E-state index contributed by atoms with van der Waals surface area (Å²) >= 11 is 0. The van der Waals surface area contributed by atoms with Crippen LogP contribution in [-0.2, 0) is 22.6 Å². The zero-order valence-electron chi connectivity index (χ0n) is 23.6. The van der Waals surface area contributed by atoms with Gasteiger partial charge in [0.1, 0.15) is 0 Å². The van der Waals surface area contributed by atoms with E-state index in [2.05, 4.69) is 20.2 Å². The minimum absolute atomic E-state index is 0.0614. The molecule has 1 aliphatic carbocycles. The molecule has 2 aliphatic heterocycles. The highest BCUT2D eigenvalue weighted by molar-refractivity contribution is 6.04. The van der Waals surface area contributed by atoms with Gasteiger partial charge in [-0.15, -0.1) is 5.10 Å². The largest absolute Gasteiger partial charge is 0.448 e. The van der Waals surface area contributed by atoms with Crippen LogP contribution in [0.25, 0.3) is 0 Å². The maximum Gasteiger partial charge on any atom is 0.435 e. The first-order valence-corrected chi connectivity index (χ1v) is 14.4. The Morgan fingerprint density at radius 3 is 2.34 bits per heavy atom. The highest BCUT2D eigenvalue weighted by atomic mass is 16.6. The number of carbonyl (C=O) groups excluding carboxylic acids is 3.